The number of nitrogens with zero attached hydrogens (tertiary/aromatic N) is 1. The summed E-state index contributed by atoms with van der Waals surface area (Å²) in [7, 11) is 3.20. The van der Waals surface area contributed by atoms with Crippen LogP contribution in [0.15, 0.2) is 54.7 Å². The number of thiophene rings is 1. The molecule has 0 spiro atoms. The number of hydrogen-bond donors (Lipinski definition) is 1. The molecule has 0 atom stereocenters. The Morgan fingerprint density at radius 3 is 2.72 bits per heavy atom. The number of amides is 1. The minimum Gasteiger partial charge on any atom is -0.497 e. The Kier molecular flexibility index (Phi) is 5.30. The number of hydrogen-bond acceptors (Lipinski definition) is 5. The van der Waals surface area contributed by atoms with Gasteiger partial charge in [0.15, 0.2) is 0 Å². The lowest BCUT2D eigenvalue weighted by molar-refractivity contribution is 0.0954. The zero-order chi connectivity index (χ0) is 17.6. The van der Waals surface area contributed by atoms with Crippen molar-refractivity contribution in [2.45, 2.75) is 6.54 Å². The Morgan fingerprint density at radius 2 is 2.00 bits per heavy atom. The largest absolute Gasteiger partial charge is 0.497 e. The summed E-state index contributed by atoms with van der Waals surface area (Å²) in [6.45, 7) is 0.378. The SMILES string of the molecule is COc1ccc(CNC(=O)c2ccc(-c3ccccn3)s2)c(OC)c1. The summed E-state index contributed by atoms with van der Waals surface area (Å²) >= 11 is 1.42. The number of methoxy groups -OCH3 is 2. The van der Waals surface area contributed by atoms with Gasteiger partial charge in [-0.15, -0.1) is 11.3 Å². The molecule has 2 heterocycles. The van der Waals surface area contributed by atoms with Crippen LogP contribution in [0.2, 0.25) is 0 Å². The fourth-order valence-corrected chi connectivity index (χ4v) is 3.27. The highest BCUT2D eigenvalue weighted by atomic mass is 32.1. The minimum absolute atomic E-state index is 0.120. The van der Waals surface area contributed by atoms with Crippen LogP contribution in [-0.2, 0) is 6.54 Å². The summed E-state index contributed by atoms with van der Waals surface area (Å²) in [4.78, 5) is 18.3. The normalized spacial score (nSPS) is 10.3. The van der Waals surface area contributed by atoms with Crippen molar-refractivity contribution in [3.63, 3.8) is 0 Å². The van der Waals surface area contributed by atoms with Crippen LogP contribution in [0.25, 0.3) is 10.6 Å². The number of nitrogens with one attached hydrogen (secondary N) is 1. The second kappa shape index (κ2) is 7.81. The van der Waals surface area contributed by atoms with Gasteiger partial charge in [-0.2, -0.15) is 0 Å². The van der Waals surface area contributed by atoms with Crippen molar-refractivity contribution in [1.82, 2.24) is 10.3 Å². The van der Waals surface area contributed by atoms with E-state index in [-0.39, 0.29) is 5.91 Å². The highest BCUT2D eigenvalue weighted by molar-refractivity contribution is 7.17. The van der Waals surface area contributed by atoms with Gasteiger partial charge in [-0.3, -0.25) is 9.78 Å². The van der Waals surface area contributed by atoms with Crippen LogP contribution >= 0.6 is 11.3 Å². The molecular formula is C19H18N2O3S. The predicted octanol–water partition coefficient (Wildman–Crippen LogP) is 3.76. The number of ether oxygens (including phenoxy) is 2. The van der Waals surface area contributed by atoms with Gasteiger partial charge in [0.25, 0.3) is 5.91 Å². The molecule has 3 rings (SSSR count). The summed E-state index contributed by atoms with van der Waals surface area (Å²) in [5.41, 5.74) is 1.75. The van der Waals surface area contributed by atoms with E-state index in [1.54, 1.807) is 26.5 Å². The molecule has 0 aliphatic rings. The first kappa shape index (κ1) is 17.0. The quantitative estimate of drug-likeness (QED) is 0.732. The highest BCUT2D eigenvalue weighted by Crippen LogP contribution is 2.27. The summed E-state index contributed by atoms with van der Waals surface area (Å²) in [6.07, 6.45) is 1.74. The molecule has 0 fully saturated rings. The summed E-state index contributed by atoms with van der Waals surface area (Å²) in [6, 6.07) is 15.0. The first-order valence-electron chi connectivity index (χ1n) is 7.71. The van der Waals surface area contributed by atoms with E-state index >= 15 is 0 Å². The molecule has 3 aromatic rings. The monoisotopic (exact) mass is 354 g/mol. The number of benzene rings is 1. The van der Waals surface area contributed by atoms with Crippen LogP contribution in [0.1, 0.15) is 15.2 Å². The van der Waals surface area contributed by atoms with E-state index in [9.17, 15) is 4.79 Å². The number of pyridine rings is 1. The van der Waals surface area contributed by atoms with Gasteiger partial charge in [-0.05, 0) is 36.4 Å². The van der Waals surface area contributed by atoms with E-state index < -0.39 is 0 Å². The standard InChI is InChI=1S/C19H18N2O3S/c1-23-14-7-6-13(16(11-14)24-2)12-21-19(22)18-9-8-17(25-18)15-5-3-4-10-20-15/h3-11H,12H2,1-2H3,(H,21,22). The third-order valence-corrected chi connectivity index (χ3v) is 4.79. The Bertz CT molecular complexity index is 862. The van der Waals surface area contributed by atoms with Crippen molar-refractivity contribution in [3.05, 3.63) is 65.2 Å². The van der Waals surface area contributed by atoms with Crippen LogP contribution < -0.4 is 14.8 Å². The lowest BCUT2D eigenvalue weighted by Gasteiger charge is -2.11. The van der Waals surface area contributed by atoms with E-state index in [4.69, 9.17) is 9.47 Å². The molecule has 0 aliphatic heterocycles. The van der Waals surface area contributed by atoms with Gasteiger partial charge in [0.2, 0.25) is 0 Å². The average Bonchev–Trinajstić information content (AvgIpc) is 3.17. The molecule has 0 bridgehead atoms. The molecule has 1 aromatic carbocycles. The predicted molar refractivity (Wildman–Crippen MR) is 98.3 cm³/mol. The zero-order valence-corrected chi connectivity index (χ0v) is 14.8. The van der Waals surface area contributed by atoms with Gasteiger partial charge in [0, 0.05) is 24.4 Å². The lowest BCUT2D eigenvalue weighted by atomic mass is 10.2. The first-order valence-corrected chi connectivity index (χ1v) is 8.53. The fraction of sp³-hybridized carbons (Fsp3) is 0.158. The van der Waals surface area contributed by atoms with E-state index in [0.717, 1.165) is 16.1 Å². The molecule has 1 amide bonds. The molecule has 1 N–H and O–H groups in total. The van der Waals surface area contributed by atoms with Crippen LogP contribution in [0.5, 0.6) is 11.5 Å². The van der Waals surface area contributed by atoms with Gasteiger partial charge < -0.3 is 14.8 Å². The maximum absolute atomic E-state index is 12.4. The van der Waals surface area contributed by atoms with Crippen molar-refractivity contribution in [2.24, 2.45) is 0 Å². The Labute approximate surface area is 150 Å². The summed E-state index contributed by atoms with van der Waals surface area (Å²) in [5, 5.41) is 2.92. The summed E-state index contributed by atoms with van der Waals surface area (Å²) in [5.74, 6) is 1.27. The van der Waals surface area contributed by atoms with Crippen molar-refractivity contribution in [3.8, 4) is 22.1 Å². The molecule has 0 aliphatic carbocycles. The third kappa shape index (κ3) is 3.97. The minimum atomic E-state index is -0.120. The fourth-order valence-electron chi connectivity index (χ4n) is 2.37. The smallest absolute Gasteiger partial charge is 0.261 e. The van der Waals surface area contributed by atoms with Crippen molar-refractivity contribution in [2.75, 3.05) is 14.2 Å². The molecule has 25 heavy (non-hydrogen) atoms. The van der Waals surface area contributed by atoms with Crippen molar-refractivity contribution >= 4 is 17.2 Å². The Hall–Kier alpha value is -2.86. The molecular weight excluding hydrogens is 336 g/mol. The maximum atomic E-state index is 12.4. The number of aromatic nitrogens is 1. The van der Waals surface area contributed by atoms with Gasteiger partial charge in [0.05, 0.1) is 29.7 Å². The molecule has 0 unspecified atom stereocenters. The van der Waals surface area contributed by atoms with Gasteiger partial charge in [-0.1, -0.05) is 6.07 Å². The number of carbonyl (C=O) groups excluding carboxylic acids is 1. The second-order valence-corrected chi connectivity index (χ2v) is 6.32. The molecule has 2 aromatic heterocycles. The number of rotatable bonds is 6. The van der Waals surface area contributed by atoms with Crippen LogP contribution in [0, 0.1) is 0 Å². The molecule has 6 heteroatoms. The molecule has 128 valence electrons. The molecule has 0 saturated heterocycles. The first-order chi connectivity index (χ1) is 12.2. The zero-order valence-electron chi connectivity index (χ0n) is 14.0. The van der Waals surface area contributed by atoms with E-state index in [2.05, 4.69) is 10.3 Å². The van der Waals surface area contributed by atoms with Crippen molar-refractivity contribution in [1.29, 1.82) is 0 Å². The molecule has 5 nitrogen and oxygen atoms in total. The van der Waals surface area contributed by atoms with Crippen LogP contribution in [0.3, 0.4) is 0 Å². The van der Waals surface area contributed by atoms with Crippen LogP contribution in [0.4, 0.5) is 0 Å². The van der Waals surface area contributed by atoms with E-state index in [1.165, 1.54) is 11.3 Å². The number of carbonyl (C=O) groups is 1. The lowest BCUT2D eigenvalue weighted by Crippen LogP contribution is -2.22. The third-order valence-electron chi connectivity index (χ3n) is 3.68. The Balaban J connectivity index is 1.68. The molecule has 0 radical (unpaired) electrons. The van der Waals surface area contributed by atoms with E-state index in [0.29, 0.717) is 22.9 Å². The topological polar surface area (TPSA) is 60.5 Å². The summed E-state index contributed by atoms with van der Waals surface area (Å²) < 4.78 is 10.5. The van der Waals surface area contributed by atoms with Gasteiger partial charge in [-0.25, -0.2) is 0 Å². The Morgan fingerprint density at radius 1 is 1.12 bits per heavy atom. The van der Waals surface area contributed by atoms with Gasteiger partial charge in [0.1, 0.15) is 11.5 Å². The maximum Gasteiger partial charge on any atom is 0.261 e. The average molecular weight is 354 g/mol. The second-order valence-electron chi connectivity index (χ2n) is 5.24. The van der Waals surface area contributed by atoms with Crippen molar-refractivity contribution < 1.29 is 14.3 Å². The highest BCUT2D eigenvalue weighted by Gasteiger charge is 2.12. The molecule has 0 saturated carbocycles. The van der Waals surface area contributed by atoms with Gasteiger partial charge >= 0.3 is 0 Å². The van der Waals surface area contributed by atoms with Crippen LogP contribution in [-0.4, -0.2) is 25.1 Å². The van der Waals surface area contributed by atoms with E-state index in [1.807, 2.05) is 42.5 Å².